The fourth-order valence-electron chi connectivity index (χ4n) is 1.77. The minimum absolute atomic E-state index is 0.616. The van der Waals surface area contributed by atoms with Gasteiger partial charge in [0.2, 0.25) is 0 Å². The van der Waals surface area contributed by atoms with Gasteiger partial charge in [0, 0.05) is 30.6 Å². The van der Waals surface area contributed by atoms with Gasteiger partial charge in [0.25, 0.3) is 0 Å². The first-order valence-electron chi connectivity index (χ1n) is 6.71. The van der Waals surface area contributed by atoms with Gasteiger partial charge in [0.05, 0.1) is 0 Å². The minimum Gasteiger partial charge on any atom is -0.315 e. The van der Waals surface area contributed by atoms with E-state index >= 15 is 0 Å². The van der Waals surface area contributed by atoms with E-state index < -0.39 is 0 Å². The van der Waals surface area contributed by atoms with E-state index in [1.165, 1.54) is 17.7 Å². The molecule has 0 radical (unpaired) electrons. The molecule has 98 valence electrons. The summed E-state index contributed by atoms with van der Waals surface area (Å²) in [6, 6.07) is 4.98. The molecular weight excluding hydrogens is 228 g/mol. The van der Waals surface area contributed by atoms with Crippen LogP contribution in [-0.2, 0) is 6.54 Å². The summed E-state index contributed by atoms with van der Waals surface area (Å²) in [5, 5.41) is 5.67. The van der Waals surface area contributed by atoms with E-state index in [1.54, 1.807) is 0 Å². The molecule has 0 aliphatic carbocycles. The lowest BCUT2D eigenvalue weighted by Gasteiger charge is -2.26. The van der Waals surface area contributed by atoms with Crippen molar-refractivity contribution in [1.82, 2.24) is 10.2 Å². The van der Waals surface area contributed by atoms with Gasteiger partial charge in [-0.1, -0.05) is 19.4 Å². The minimum atomic E-state index is 0.616. The van der Waals surface area contributed by atoms with Crippen molar-refractivity contribution in [2.75, 3.05) is 19.6 Å². The predicted molar refractivity (Wildman–Crippen MR) is 77.6 cm³/mol. The van der Waals surface area contributed by atoms with Crippen LogP contribution in [-0.4, -0.2) is 30.6 Å². The van der Waals surface area contributed by atoms with Crippen LogP contribution in [0.2, 0.25) is 0 Å². The molecule has 0 unspecified atom stereocenters. The number of rotatable bonds is 9. The van der Waals surface area contributed by atoms with Gasteiger partial charge in [-0.3, -0.25) is 4.90 Å². The Kier molecular flexibility index (Phi) is 7.49. The molecule has 1 heterocycles. The average Bonchev–Trinajstić information content (AvgIpc) is 2.79. The molecule has 0 aromatic carbocycles. The molecule has 3 heteroatoms. The summed E-state index contributed by atoms with van der Waals surface area (Å²) in [6.45, 7) is 11.3. The van der Waals surface area contributed by atoms with Crippen molar-refractivity contribution in [3.8, 4) is 0 Å². The first kappa shape index (κ1) is 14.7. The first-order valence-corrected chi connectivity index (χ1v) is 7.59. The molecule has 0 atom stereocenters. The third-order valence-corrected chi connectivity index (χ3v) is 3.81. The highest BCUT2D eigenvalue weighted by Crippen LogP contribution is 2.13. The Hall–Kier alpha value is -0.380. The summed E-state index contributed by atoms with van der Waals surface area (Å²) in [5.41, 5.74) is 0. The molecule has 1 aromatic heterocycles. The molecule has 1 aromatic rings. The Labute approximate surface area is 110 Å². The standard InChI is InChI=1S/C14H26N2S/c1-4-5-8-15-9-10-16(13(2)3)12-14-7-6-11-17-14/h6-7,11,13,15H,4-5,8-10,12H2,1-3H3. The quantitative estimate of drug-likeness (QED) is 0.680. The number of hydrogen-bond acceptors (Lipinski definition) is 3. The second-order valence-corrected chi connectivity index (χ2v) is 5.78. The molecule has 1 rings (SSSR count). The largest absolute Gasteiger partial charge is 0.315 e. The van der Waals surface area contributed by atoms with Crippen molar-refractivity contribution in [3.63, 3.8) is 0 Å². The summed E-state index contributed by atoms with van der Waals surface area (Å²) >= 11 is 1.85. The molecule has 0 aliphatic rings. The SMILES string of the molecule is CCCCNCCN(Cc1cccs1)C(C)C. The van der Waals surface area contributed by atoms with Crippen LogP contribution in [0.4, 0.5) is 0 Å². The number of unbranched alkanes of at least 4 members (excludes halogenated alkanes) is 1. The summed E-state index contributed by atoms with van der Waals surface area (Å²) < 4.78 is 0. The molecule has 2 nitrogen and oxygen atoms in total. The van der Waals surface area contributed by atoms with Crippen LogP contribution >= 0.6 is 11.3 Å². The molecule has 0 fully saturated rings. The second-order valence-electron chi connectivity index (χ2n) is 4.75. The van der Waals surface area contributed by atoms with Gasteiger partial charge in [0.15, 0.2) is 0 Å². The Morgan fingerprint density at radius 1 is 1.35 bits per heavy atom. The summed E-state index contributed by atoms with van der Waals surface area (Å²) in [6.07, 6.45) is 2.56. The van der Waals surface area contributed by atoms with Crippen LogP contribution < -0.4 is 5.32 Å². The molecule has 0 saturated heterocycles. The second kappa shape index (κ2) is 8.67. The van der Waals surface area contributed by atoms with Crippen LogP contribution in [0.5, 0.6) is 0 Å². The highest BCUT2D eigenvalue weighted by molar-refractivity contribution is 7.09. The molecule has 0 amide bonds. The highest BCUT2D eigenvalue weighted by atomic mass is 32.1. The van der Waals surface area contributed by atoms with E-state index in [2.05, 4.69) is 48.5 Å². The number of thiophene rings is 1. The maximum Gasteiger partial charge on any atom is 0.0331 e. The maximum absolute atomic E-state index is 3.51. The van der Waals surface area contributed by atoms with E-state index in [0.29, 0.717) is 6.04 Å². The van der Waals surface area contributed by atoms with Gasteiger partial charge in [0.1, 0.15) is 0 Å². The fraction of sp³-hybridized carbons (Fsp3) is 0.714. The molecule has 0 aliphatic heterocycles. The van der Waals surface area contributed by atoms with Crippen LogP contribution in [0.15, 0.2) is 17.5 Å². The van der Waals surface area contributed by atoms with Crippen LogP contribution in [0.3, 0.4) is 0 Å². The van der Waals surface area contributed by atoms with Crippen LogP contribution in [0.1, 0.15) is 38.5 Å². The lowest BCUT2D eigenvalue weighted by atomic mass is 10.3. The van der Waals surface area contributed by atoms with Crippen molar-refractivity contribution in [2.45, 2.75) is 46.2 Å². The average molecular weight is 254 g/mol. The lowest BCUT2D eigenvalue weighted by Crippen LogP contribution is -2.36. The molecule has 0 spiro atoms. The summed E-state index contributed by atoms with van der Waals surface area (Å²) in [7, 11) is 0. The zero-order chi connectivity index (χ0) is 12.5. The highest BCUT2D eigenvalue weighted by Gasteiger charge is 2.09. The topological polar surface area (TPSA) is 15.3 Å². The van der Waals surface area contributed by atoms with Gasteiger partial charge < -0.3 is 5.32 Å². The molecule has 1 N–H and O–H groups in total. The van der Waals surface area contributed by atoms with E-state index in [1.807, 2.05) is 11.3 Å². The number of nitrogens with zero attached hydrogens (tertiary/aromatic N) is 1. The van der Waals surface area contributed by atoms with E-state index in [9.17, 15) is 0 Å². The first-order chi connectivity index (χ1) is 8.24. The van der Waals surface area contributed by atoms with Crippen molar-refractivity contribution in [1.29, 1.82) is 0 Å². The van der Waals surface area contributed by atoms with E-state index in [0.717, 1.165) is 26.2 Å². The van der Waals surface area contributed by atoms with Gasteiger partial charge >= 0.3 is 0 Å². The van der Waals surface area contributed by atoms with Crippen molar-refractivity contribution < 1.29 is 0 Å². The van der Waals surface area contributed by atoms with Crippen molar-refractivity contribution in [3.05, 3.63) is 22.4 Å². The van der Waals surface area contributed by atoms with E-state index in [-0.39, 0.29) is 0 Å². The summed E-state index contributed by atoms with van der Waals surface area (Å²) in [4.78, 5) is 4.00. The molecule has 0 bridgehead atoms. The lowest BCUT2D eigenvalue weighted by molar-refractivity contribution is 0.215. The molecular formula is C14H26N2S. The maximum atomic E-state index is 3.51. The fourth-order valence-corrected chi connectivity index (χ4v) is 2.50. The molecule has 0 saturated carbocycles. The van der Waals surface area contributed by atoms with Crippen LogP contribution in [0, 0.1) is 0 Å². The Balaban J connectivity index is 2.24. The zero-order valence-corrected chi connectivity index (χ0v) is 12.2. The van der Waals surface area contributed by atoms with Gasteiger partial charge in [-0.25, -0.2) is 0 Å². The predicted octanol–water partition coefficient (Wildman–Crippen LogP) is 3.35. The van der Waals surface area contributed by atoms with Crippen molar-refractivity contribution >= 4 is 11.3 Å². The Morgan fingerprint density at radius 2 is 2.18 bits per heavy atom. The normalized spacial score (nSPS) is 11.6. The van der Waals surface area contributed by atoms with Gasteiger partial charge in [-0.05, 0) is 38.3 Å². The van der Waals surface area contributed by atoms with Gasteiger partial charge in [-0.15, -0.1) is 11.3 Å². The van der Waals surface area contributed by atoms with Crippen LogP contribution in [0.25, 0.3) is 0 Å². The number of nitrogens with one attached hydrogen (secondary N) is 1. The Morgan fingerprint density at radius 3 is 2.76 bits per heavy atom. The van der Waals surface area contributed by atoms with Gasteiger partial charge in [-0.2, -0.15) is 0 Å². The monoisotopic (exact) mass is 254 g/mol. The summed E-state index contributed by atoms with van der Waals surface area (Å²) in [5.74, 6) is 0. The third-order valence-electron chi connectivity index (χ3n) is 2.95. The van der Waals surface area contributed by atoms with E-state index in [4.69, 9.17) is 0 Å². The smallest absolute Gasteiger partial charge is 0.0331 e. The zero-order valence-electron chi connectivity index (χ0n) is 11.4. The molecule has 17 heavy (non-hydrogen) atoms. The Bertz CT molecular complexity index is 270. The third kappa shape index (κ3) is 6.20. The number of hydrogen-bond donors (Lipinski definition) is 1. The van der Waals surface area contributed by atoms with Crippen molar-refractivity contribution in [2.24, 2.45) is 0 Å².